The maximum absolute atomic E-state index is 2.41. The van der Waals surface area contributed by atoms with Crippen LogP contribution in [0.25, 0.3) is 16.6 Å². The minimum absolute atomic E-state index is 0.494. The summed E-state index contributed by atoms with van der Waals surface area (Å²) in [5, 5.41) is 0. The third kappa shape index (κ3) is 1.88. The standard InChI is InChI=1S/C21H20N2/c1-15-5-4-6-18(13-15)16-9-11-17(12-10-16)21-14-22-19-7-2-3-8-20(19)23(21)22/h2-4,6-13,15,21H,5,14H2,1H3. The molecule has 5 rings (SSSR count). The van der Waals surface area contributed by atoms with Crippen LogP contribution >= 0.6 is 0 Å². The Kier molecular flexibility index (Phi) is 2.69. The minimum Gasteiger partial charge on any atom is -0.280 e. The molecule has 0 amide bonds. The smallest absolute Gasteiger partial charge is 0.0952 e. The van der Waals surface area contributed by atoms with Crippen molar-refractivity contribution in [2.45, 2.75) is 25.9 Å². The lowest BCUT2D eigenvalue weighted by molar-refractivity contribution is 0.255. The average Bonchev–Trinajstić information content (AvgIpc) is 2.56. The first-order chi connectivity index (χ1) is 11.3. The zero-order chi connectivity index (χ0) is 15.4. The van der Waals surface area contributed by atoms with E-state index in [9.17, 15) is 0 Å². The second-order valence-corrected chi connectivity index (χ2v) is 6.79. The number of hydrogen-bond donors (Lipinski definition) is 0. The van der Waals surface area contributed by atoms with Gasteiger partial charge in [-0.2, -0.15) is 0 Å². The van der Waals surface area contributed by atoms with E-state index >= 15 is 0 Å². The molecule has 0 spiro atoms. The fourth-order valence-electron chi connectivity index (χ4n) is 3.92. The highest BCUT2D eigenvalue weighted by Gasteiger charge is 2.31. The second kappa shape index (κ2) is 4.76. The summed E-state index contributed by atoms with van der Waals surface area (Å²) in [7, 11) is 0. The predicted molar refractivity (Wildman–Crippen MR) is 95.4 cm³/mol. The molecule has 2 nitrogen and oxygen atoms in total. The number of allylic oxidation sites excluding steroid dienone is 4. The van der Waals surface area contributed by atoms with Gasteiger partial charge in [-0.05, 0) is 41.2 Å². The largest absolute Gasteiger partial charge is 0.280 e. The van der Waals surface area contributed by atoms with Gasteiger partial charge in [0, 0.05) is 0 Å². The van der Waals surface area contributed by atoms with E-state index in [1.54, 1.807) is 0 Å². The Balaban J connectivity index is 1.44. The fourth-order valence-corrected chi connectivity index (χ4v) is 3.92. The molecule has 2 heterocycles. The Hall–Kier alpha value is -2.48. The number of aromatic nitrogens is 2. The molecule has 2 aliphatic rings. The highest BCUT2D eigenvalue weighted by atomic mass is 15.5. The summed E-state index contributed by atoms with van der Waals surface area (Å²) in [6, 6.07) is 18.3. The van der Waals surface area contributed by atoms with Crippen molar-refractivity contribution >= 4 is 16.6 Å². The van der Waals surface area contributed by atoms with Crippen molar-refractivity contribution in [1.82, 2.24) is 9.36 Å². The lowest BCUT2D eigenvalue weighted by atomic mass is 9.92. The van der Waals surface area contributed by atoms with Crippen molar-refractivity contribution in [3.05, 3.63) is 77.9 Å². The number of hydrogen-bond acceptors (Lipinski definition) is 0. The highest BCUT2D eigenvalue weighted by Crippen LogP contribution is 2.38. The Bertz CT molecular complexity index is 934. The van der Waals surface area contributed by atoms with Crippen LogP contribution in [-0.4, -0.2) is 9.36 Å². The summed E-state index contributed by atoms with van der Waals surface area (Å²) in [4.78, 5) is 0. The van der Waals surface area contributed by atoms with Crippen LogP contribution in [0, 0.1) is 5.92 Å². The van der Waals surface area contributed by atoms with Crippen LogP contribution in [0.4, 0.5) is 0 Å². The van der Waals surface area contributed by atoms with E-state index in [0.29, 0.717) is 12.0 Å². The molecule has 3 aromatic rings. The SMILES string of the molecule is CC1C=C(c2ccc(C3Cn4c5ccccc5n43)cc2)C=CC1. The van der Waals surface area contributed by atoms with Gasteiger partial charge in [-0.25, -0.2) is 0 Å². The topological polar surface area (TPSA) is 9.86 Å². The molecule has 0 N–H and O–H groups in total. The zero-order valence-electron chi connectivity index (χ0n) is 13.3. The summed E-state index contributed by atoms with van der Waals surface area (Å²) in [5.74, 6) is 0.646. The molecule has 2 aromatic carbocycles. The quantitative estimate of drug-likeness (QED) is 0.628. The molecule has 0 saturated heterocycles. The van der Waals surface area contributed by atoms with E-state index in [1.165, 1.54) is 27.7 Å². The van der Waals surface area contributed by atoms with Crippen LogP contribution in [0.15, 0.2) is 66.8 Å². The van der Waals surface area contributed by atoms with Gasteiger partial charge in [-0.1, -0.05) is 61.5 Å². The summed E-state index contributed by atoms with van der Waals surface area (Å²) < 4.78 is 4.77. The van der Waals surface area contributed by atoms with Crippen molar-refractivity contribution in [1.29, 1.82) is 0 Å². The first-order valence-corrected chi connectivity index (χ1v) is 8.46. The Labute approximate surface area is 136 Å². The van der Waals surface area contributed by atoms with Crippen LogP contribution in [0.1, 0.15) is 30.5 Å². The van der Waals surface area contributed by atoms with Crippen LogP contribution in [0.5, 0.6) is 0 Å². The van der Waals surface area contributed by atoms with E-state index in [-0.39, 0.29) is 0 Å². The van der Waals surface area contributed by atoms with E-state index in [1.807, 2.05) is 0 Å². The molecule has 1 aliphatic heterocycles. The van der Waals surface area contributed by atoms with Gasteiger partial charge in [0.25, 0.3) is 0 Å². The molecule has 0 saturated carbocycles. The molecule has 2 atom stereocenters. The number of rotatable bonds is 2. The second-order valence-electron chi connectivity index (χ2n) is 6.79. The first kappa shape index (κ1) is 13.0. The zero-order valence-corrected chi connectivity index (χ0v) is 13.3. The molecule has 1 aromatic heterocycles. The highest BCUT2D eigenvalue weighted by molar-refractivity contribution is 5.80. The summed E-state index contributed by atoms with van der Waals surface area (Å²) >= 11 is 0. The summed E-state index contributed by atoms with van der Waals surface area (Å²) in [5.41, 5.74) is 6.83. The van der Waals surface area contributed by atoms with Crippen molar-refractivity contribution < 1.29 is 0 Å². The summed E-state index contributed by atoms with van der Waals surface area (Å²) in [6.07, 6.45) is 8.08. The minimum atomic E-state index is 0.494. The van der Waals surface area contributed by atoms with Gasteiger partial charge < -0.3 is 0 Å². The molecule has 1 aliphatic carbocycles. The van der Waals surface area contributed by atoms with Crippen molar-refractivity contribution in [3.63, 3.8) is 0 Å². The van der Waals surface area contributed by atoms with Gasteiger partial charge >= 0.3 is 0 Å². The number of nitrogens with zero attached hydrogens (tertiary/aromatic N) is 2. The molecular weight excluding hydrogens is 280 g/mol. The van der Waals surface area contributed by atoms with Crippen LogP contribution in [-0.2, 0) is 6.54 Å². The van der Waals surface area contributed by atoms with Crippen molar-refractivity contribution in [3.8, 4) is 0 Å². The van der Waals surface area contributed by atoms with E-state index in [2.05, 4.69) is 83.0 Å². The van der Waals surface area contributed by atoms with Crippen LogP contribution < -0.4 is 0 Å². The maximum Gasteiger partial charge on any atom is 0.0952 e. The van der Waals surface area contributed by atoms with Gasteiger partial charge in [-0.15, -0.1) is 0 Å². The maximum atomic E-state index is 2.41. The predicted octanol–water partition coefficient (Wildman–Crippen LogP) is 5.03. The van der Waals surface area contributed by atoms with Crippen molar-refractivity contribution in [2.24, 2.45) is 5.92 Å². The van der Waals surface area contributed by atoms with E-state index in [0.717, 1.165) is 13.0 Å². The monoisotopic (exact) mass is 300 g/mol. The van der Waals surface area contributed by atoms with Crippen molar-refractivity contribution in [2.75, 3.05) is 0 Å². The molecule has 0 radical (unpaired) electrons. The normalized spacial score (nSPS) is 22.7. The average molecular weight is 300 g/mol. The molecule has 0 fully saturated rings. The van der Waals surface area contributed by atoms with Gasteiger partial charge in [0.15, 0.2) is 0 Å². The lowest BCUT2D eigenvalue weighted by Crippen LogP contribution is -2.41. The third-order valence-electron chi connectivity index (χ3n) is 5.21. The van der Waals surface area contributed by atoms with E-state index < -0.39 is 0 Å². The molecule has 114 valence electrons. The number of para-hydroxylation sites is 2. The van der Waals surface area contributed by atoms with Gasteiger partial charge in [0.1, 0.15) is 0 Å². The molecular formula is C21H20N2. The first-order valence-electron chi connectivity index (χ1n) is 8.46. The fraction of sp³-hybridized carbons (Fsp3) is 0.238. The Morgan fingerprint density at radius 1 is 0.957 bits per heavy atom. The number of fused-ring (bicyclic) bond motifs is 4. The lowest BCUT2D eigenvalue weighted by Gasteiger charge is -2.42. The van der Waals surface area contributed by atoms with Gasteiger partial charge in [0.05, 0.1) is 23.6 Å². The number of benzene rings is 2. The molecule has 23 heavy (non-hydrogen) atoms. The van der Waals surface area contributed by atoms with Gasteiger partial charge in [-0.3, -0.25) is 9.36 Å². The summed E-state index contributed by atoms with van der Waals surface area (Å²) in [6.45, 7) is 3.37. The Morgan fingerprint density at radius 2 is 1.74 bits per heavy atom. The molecule has 2 heteroatoms. The van der Waals surface area contributed by atoms with Crippen LogP contribution in [0.3, 0.4) is 0 Å². The Morgan fingerprint density at radius 3 is 2.52 bits per heavy atom. The van der Waals surface area contributed by atoms with Gasteiger partial charge in [0.2, 0.25) is 0 Å². The third-order valence-corrected chi connectivity index (χ3v) is 5.21. The molecule has 0 bridgehead atoms. The van der Waals surface area contributed by atoms with E-state index in [4.69, 9.17) is 0 Å². The molecule has 2 unspecified atom stereocenters. The van der Waals surface area contributed by atoms with Crippen LogP contribution in [0.2, 0.25) is 0 Å².